The third kappa shape index (κ3) is 1.55. The van der Waals surface area contributed by atoms with Crippen LogP contribution in [0.1, 0.15) is 0 Å². The van der Waals surface area contributed by atoms with Gasteiger partial charge in [-0.2, -0.15) is 0 Å². The van der Waals surface area contributed by atoms with Gasteiger partial charge in [-0.15, -0.1) is 0 Å². The van der Waals surface area contributed by atoms with Crippen molar-refractivity contribution in [3.8, 4) is 28.7 Å². The smallest absolute Gasteiger partial charge is 0.231 e. The van der Waals surface area contributed by atoms with Crippen LogP contribution in [0.5, 0.6) is 28.7 Å². The molecule has 6 heteroatoms. The van der Waals surface area contributed by atoms with Crippen LogP contribution in [0.15, 0.2) is 18.2 Å². The zero-order chi connectivity index (χ0) is 15.3. The number of aromatic nitrogens is 1. The van der Waals surface area contributed by atoms with E-state index in [1.54, 1.807) is 21.3 Å². The van der Waals surface area contributed by atoms with Crippen molar-refractivity contribution in [3.05, 3.63) is 18.2 Å². The molecule has 0 spiro atoms. The summed E-state index contributed by atoms with van der Waals surface area (Å²) in [7, 11) is 4.84. The van der Waals surface area contributed by atoms with Crippen molar-refractivity contribution in [3.63, 3.8) is 0 Å². The predicted octanol–water partition coefficient (Wildman–Crippen LogP) is 3.08. The molecular formula is C16H15NO5. The fourth-order valence-corrected chi connectivity index (χ4v) is 2.95. The van der Waals surface area contributed by atoms with Gasteiger partial charge in [0.15, 0.2) is 23.0 Å². The maximum atomic E-state index is 5.58. The Balaban J connectivity index is 2.18. The number of methoxy groups -OCH3 is 3. The van der Waals surface area contributed by atoms with Crippen LogP contribution in [-0.4, -0.2) is 33.1 Å². The quantitative estimate of drug-likeness (QED) is 0.805. The maximum absolute atomic E-state index is 5.58. The highest BCUT2D eigenvalue weighted by atomic mass is 16.7. The fraction of sp³-hybridized carbons (Fsp3) is 0.250. The molecule has 0 saturated carbocycles. The molecule has 0 bridgehead atoms. The van der Waals surface area contributed by atoms with Crippen molar-refractivity contribution >= 4 is 21.8 Å². The van der Waals surface area contributed by atoms with E-state index in [2.05, 4.69) is 4.98 Å². The number of fused-ring (bicyclic) bond motifs is 5. The molecule has 6 nitrogen and oxygen atoms in total. The first-order chi connectivity index (χ1) is 10.8. The van der Waals surface area contributed by atoms with Gasteiger partial charge < -0.3 is 28.7 Å². The molecule has 2 heterocycles. The molecule has 0 aliphatic carbocycles. The number of rotatable bonds is 3. The van der Waals surface area contributed by atoms with Crippen LogP contribution in [0.4, 0.5) is 0 Å². The lowest BCUT2D eigenvalue weighted by atomic mass is 10.1. The Bertz CT molecular complexity index is 883. The van der Waals surface area contributed by atoms with Gasteiger partial charge in [-0.25, -0.2) is 0 Å². The van der Waals surface area contributed by atoms with Crippen LogP contribution >= 0.6 is 0 Å². The Kier molecular flexibility index (Phi) is 2.72. The summed E-state index contributed by atoms with van der Waals surface area (Å²) in [6, 6.07) is 5.70. The molecule has 0 fully saturated rings. The minimum Gasteiger partial charge on any atom is -0.496 e. The molecule has 3 aromatic rings. The third-order valence-corrected chi connectivity index (χ3v) is 3.91. The number of benzene rings is 2. The molecule has 0 radical (unpaired) electrons. The molecular weight excluding hydrogens is 286 g/mol. The van der Waals surface area contributed by atoms with Crippen molar-refractivity contribution in [2.75, 3.05) is 28.1 Å². The summed E-state index contributed by atoms with van der Waals surface area (Å²) in [5.74, 6) is 3.37. The Morgan fingerprint density at radius 1 is 0.955 bits per heavy atom. The molecule has 1 aliphatic rings. The summed E-state index contributed by atoms with van der Waals surface area (Å²) < 4.78 is 27.4. The van der Waals surface area contributed by atoms with Crippen molar-refractivity contribution in [2.24, 2.45) is 0 Å². The zero-order valence-electron chi connectivity index (χ0n) is 12.5. The van der Waals surface area contributed by atoms with E-state index in [0.29, 0.717) is 23.0 Å². The zero-order valence-corrected chi connectivity index (χ0v) is 12.5. The maximum Gasteiger partial charge on any atom is 0.231 e. The third-order valence-electron chi connectivity index (χ3n) is 3.91. The Labute approximate surface area is 126 Å². The van der Waals surface area contributed by atoms with E-state index >= 15 is 0 Å². The van der Waals surface area contributed by atoms with E-state index in [-0.39, 0.29) is 6.79 Å². The summed E-state index contributed by atoms with van der Waals surface area (Å²) in [6.45, 7) is 0.224. The largest absolute Gasteiger partial charge is 0.496 e. The van der Waals surface area contributed by atoms with Crippen molar-refractivity contribution in [2.45, 2.75) is 0 Å². The number of H-pyrrole nitrogens is 1. The standard InChI is InChI=1S/C16H15NO5/c1-18-10-6-11(19-2)15(20-3)14-12(10)8-4-5-9-16(13(8)17-14)22-7-21-9/h4-6,17H,7H2,1-3H3. The predicted molar refractivity (Wildman–Crippen MR) is 81.6 cm³/mol. The SMILES string of the molecule is COc1cc(OC)c2c([nH]c3c4c(ccc32)OCO4)c1OC. The van der Waals surface area contributed by atoms with E-state index in [1.165, 1.54) is 0 Å². The average molecular weight is 301 g/mol. The monoisotopic (exact) mass is 301 g/mol. The minimum absolute atomic E-state index is 0.224. The molecule has 1 aromatic heterocycles. The highest BCUT2D eigenvalue weighted by molar-refractivity contribution is 6.15. The van der Waals surface area contributed by atoms with Crippen molar-refractivity contribution < 1.29 is 23.7 Å². The van der Waals surface area contributed by atoms with E-state index in [1.807, 2.05) is 18.2 Å². The number of ether oxygens (including phenoxy) is 5. The van der Waals surface area contributed by atoms with E-state index in [4.69, 9.17) is 23.7 Å². The van der Waals surface area contributed by atoms with Gasteiger partial charge in [-0.05, 0) is 12.1 Å². The fourth-order valence-electron chi connectivity index (χ4n) is 2.95. The molecule has 0 saturated heterocycles. The van der Waals surface area contributed by atoms with Gasteiger partial charge in [-0.3, -0.25) is 0 Å². The first-order valence-electron chi connectivity index (χ1n) is 6.81. The van der Waals surface area contributed by atoms with Gasteiger partial charge in [-0.1, -0.05) is 0 Å². The molecule has 0 amide bonds. The highest BCUT2D eigenvalue weighted by Gasteiger charge is 2.24. The first-order valence-corrected chi connectivity index (χ1v) is 6.81. The summed E-state index contributed by atoms with van der Waals surface area (Å²) in [6.07, 6.45) is 0. The lowest BCUT2D eigenvalue weighted by molar-refractivity contribution is 0.174. The minimum atomic E-state index is 0.224. The van der Waals surface area contributed by atoms with Gasteiger partial charge in [0.2, 0.25) is 6.79 Å². The second kappa shape index (κ2) is 4.62. The lowest BCUT2D eigenvalue weighted by Crippen LogP contribution is -1.94. The van der Waals surface area contributed by atoms with Gasteiger partial charge in [0, 0.05) is 11.5 Å². The van der Waals surface area contributed by atoms with Gasteiger partial charge >= 0.3 is 0 Å². The van der Waals surface area contributed by atoms with Crippen LogP contribution in [0, 0.1) is 0 Å². The van der Waals surface area contributed by atoms with Crippen LogP contribution in [0.2, 0.25) is 0 Å². The molecule has 0 unspecified atom stereocenters. The van der Waals surface area contributed by atoms with E-state index in [9.17, 15) is 0 Å². The van der Waals surface area contributed by atoms with E-state index in [0.717, 1.165) is 27.6 Å². The van der Waals surface area contributed by atoms with Gasteiger partial charge in [0.25, 0.3) is 0 Å². The first kappa shape index (κ1) is 12.9. The van der Waals surface area contributed by atoms with Gasteiger partial charge in [0.05, 0.1) is 37.7 Å². The second-order valence-corrected chi connectivity index (χ2v) is 4.91. The number of hydrogen-bond donors (Lipinski definition) is 1. The highest BCUT2D eigenvalue weighted by Crippen LogP contribution is 2.48. The Morgan fingerprint density at radius 3 is 2.50 bits per heavy atom. The second-order valence-electron chi connectivity index (χ2n) is 4.91. The summed E-state index contributed by atoms with van der Waals surface area (Å²) >= 11 is 0. The number of nitrogens with one attached hydrogen (secondary N) is 1. The molecule has 0 atom stereocenters. The summed E-state index contributed by atoms with van der Waals surface area (Å²) in [4.78, 5) is 3.36. The Hall–Kier alpha value is -2.76. The topological polar surface area (TPSA) is 61.9 Å². The molecule has 22 heavy (non-hydrogen) atoms. The molecule has 1 N–H and O–H groups in total. The Morgan fingerprint density at radius 2 is 1.77 bits per heavy atom. The van der Waals surface area contributed by atoms with Crippen LogP contribution in [0.25, 0.3) is 21.8 Å². The van der Waals surface area contributed by atoms with Gasteiger partial charge in [0.1, 0.15) is 5.75 Å². The van der Waals surface area contributed by atoms with Crippen LogP contribution < -0.4 is 23.7 Å². The summed E-state index contributed by atoms with van der Waals surface area (Å²) in [5, 5.41) is 1.91. The molecule has 1 aliphatic heterocycles. The molecule has 4 rings (SSSR count). The average Bonchev–Trinajstić information content (AvgIpc) is 3.16. The molecule has 114 valence electrons. The number of aromatic amines is 1. The lowest BCUT2D eigenvalue weighted by Gasteiger charge is -2.11. The normalized spacial score (nSPS) is 12.9. The molecule has 2 aromatic carbocycles. The van der Waals surface area contributed by atoms with E-state index < -0.39 is 0 Å². The van der Waals surface area contributed by atoms with Crippen LogP contribution in [-0.2, 0) is 0 Å². The van der Waals surface area contributed by atoms with Crippen molar-refractivity contribution in [1.82, 2.24) is 4.98 Å². The van der Waals surface area contributed by atoms with Crippen LogP contribution in [0.3, 0.4) is 0 Å². The van der Waals surface area contributed by atoms with Crippen molar-refractivity contribution in [1.29, 1.82) is 0 Å². The number of hydrogen-bond acceptors (Lipinski definition) is 5. The summed E-state index contributed by atoms with van der Waals surface area (Å²) in [5.41, 5.74) is 1.66.